The molecule has 1 aliphatic carbocycles. The van der Waals surface area contributed by atoms with E-state index < -0.39 is 11.4 Å². The van der Waals surface area contributed by atoms with E-state index in [2.05, 4.69) is 5.32 Å². The molecule has 20 heavy (non-hydrogen) atoms. The summed E-state index contributed by atoms with van der Waals surface area (Å²) in [7, 11) is 0. The topological polar surface area (TPSA) is 75.6 Å². The molecule has 1 aliphatic rings. The van der Waals surface area contributed by atoms with Crippen molar-refractivity contribution >= 4 is 11.9 Å². The molecule has 5 heteroatoms. The number of carboxylic acids is 1. The van der Waals surface area contributed by atoms with Gasteiger partial charge in [-0.05, 0) is 26.7 Å². The van der Waals surface area contributed by atoms with Crippen molar-refractivity contribution in [3.05, 3.63) is 0 Å². The Morgan fingerprint density at radius 1 is 1.25 bits per heavy atom. The van der Waals surface area contributed by atoms with Gasteiger partial charge in [-0.15, -0.1) is 0 Å². The highest BCUT2D eigenvalue weighted by atomic mass is 16.5. The van der Waals surface area contributed by atoms with Gasteiger partial charge >= 0.3 is 5.97 Å². The average molecular weight is 285 g/mol. The highest BCUT2D eigenvalue weighted by Gasteiger charge is 2.40. The van der Waals surface area contributed by atoms with Gasteiger partial charge in [-0.2, -0.15) is 0 Å². The van der Waals surface area contributed by atoms with Crippen LogP contribution >= 0.6 is 0 Å². The number of ether oxygens (including phenoxy) is 1. The van der Waals surface area contributed by atoms with Crippen molar-refractivity contribution < 1.29 is 19.4 Å². The van der Waals surface area contributed by atoms with Crippen molar-refractivity contribution in [2.75, 3.05) is 13.2 Å². The van der Waals surface area contributed by atoms with E-state index in [-0.39, 0.29) is 18.4 Å². The summed E-state index contributed by atoms with van der Waals surface area (Å²) in [5.41, 5.74) is -0.866. The Morgan fingerprint density at radius 3 is 2.35 bits per heavy atom. The summed E-state index contributed by atoms with van der Waals surface area (Å²) in [6.45, 7) is 4.84. The number of carbonyl (C=O) groups is 2. The second-order valence-corrected chi connectivity index (χ2v) is 5.75. The minimum Gasteiger partial charge on any atom is -0.481 e. The summed E-state index contributed by atoms with van der Waals surface area (Å²) in [6.07, 6.45) is 5.19. The maximum absolute atomic E-state index is 12.0. The lowest BCUT2D eigenvalue weighted by molar-refractivity contribution is -0.153. The van der Waals surface area contributed by atoms with Gasteiger partial charge < -0.3 is 15.2 Å². The second kappa shape index (κ2) is 8.25. The molecule has 1 saturated carbocycles. The van der Waals surface area contributed by atoms with Crippen LogP contribution in [0.1, 0.15) is 58.8 Å². The van der Waals surface area contributed by atoms with Crippen LogP contribution < -0.4 is 5.32 Å². The summed E-state index contributed by atoms with van der Waals surface area (Å²) in [4.78, 5) is 23.6. The van der Waals surface area contributed by atoms with E-state index in [1.807, 2.05) is 13.8 Å². The fourth-order valence-corrected chi connectivity index (χ4v) is 2.84. The number of rotatable bonds is 7. The summed E-state index contributed by atoms with van der Waals surface area (Å²) in [5, 5.41) is 12.3. The zero-order valence-corrected chi connectivity index (χ0v) is 12.6. The van der Waals surface area contributed by atoms with Crippen molar-refractivity contribution in [2.45, 2.75) is 64.9 Å². The lowest BCUT2D eigenvalue weighted by atomic mass is 9.77. The number of nitrogens with one attached hydrogen (secondary N) is 1. The van der Waals surface area contributed by atoms with Gasteiger partial charge in [-0.3, -0.25) is 9.59 Å². The quantitative estimate of drug-likeness (QED) is 0.704. The Bertz CT molecular complexity index is 322. The molecule has 1 atom stereocenters. The molecule has 0 heterocycles. The SMILES string of the molecule is CCOC(C)CNC(=O)CC1(C(=O)O)CCCCCC1. The first-order valence-corrected chi connectivity index (χ1v) is 7.62. The predicted octanol–water partition coefficient (Wildman–Crippen LogP) is 2.34. The van der Waals surface area contributed by atoms with Crippen molar-refractivity contribution in [2.24, 2.45) is 5.41 Å². The maximum Gasteiger partial charge on any atom is 0.310 e. The van der Waals surface area contributed by atoms with Gasteiger partial charge in [0.25, 0.3) is 0 Å². The Hall–Kier alpha value is -1.10. The number of hydrogen-bond acceptors (Lipinski definition) is 3. The Kier molecular flexibility index (Phi) is 6.99. The lowest BCUT2D eigenvalue weighted by Crippen LogP contribution is -2.39. The van der Waals surface area contributed by atoms with Crippen molar-refractivity contribution in [3.8, 4) is 0 Å². The minimum absolute atomic E-state index is 0.0427. The predicted molar refractivity (Wildman–Crippen MR) is 76.5 cm³/mol. The molecule has 0 aromatic heterocycles. The zero-order chi connectivity index (χ0) is 15.0. The van der Waals surface area contributed by atoms with E-state index >= 15 is 0 Å². The Balaban J connectivity index is 2.52. The third-order valence-electron chi connectivity index (χ3n) is 4.05. The number of aliphatic carboxylic acids is 1. The van der Waals surface area contributed by atoms with Crippen LogP contribution in [0.25, 0.3) is 0 Å². The Labute approximate surface area is 121 Å². The monoisotopic (exact) mass is 285 g/mol. The van der Waals surface area contributed by atoms with Crippen LogP contribution in [0.4, 0.5) is 0 Å². The lowest BCUT2D eigenvalue weighted by Gasteiger charge is -2.27. The van der Waals surface area contributed by atoms with Crippen molar-refractivity contribution in [1.29, 1.82) is 0 Å². The molecule has 1 unspecified atom stereocenters. The molecule has 0 aliphatic heterocycles. The van der Waals surface area contributed by atoms with Crippen LogP contribution in [-0.4, -0.2) is 36.2 Å². The molecule has 0 aromatic carbocycles. The summed E-state index contributed by atoms with van der Waals surface area (Å²) in [5.74, 6) is -1.01. The van der Waals surface area contributed by atoms with Gasteiger partial charge in [-0.25, -0.2) is 0 Å². The number of carbonyl (C=O) groups excluding carboxylic acids is 1. The van der Waals surface area contributed by atoms with Gasteiger partial charge in [0, 0.05) is 19.6 Å². The largest absolute Gasteiger partial charge is 0.481 e. The van der Waals surface area contributed by atoms with Gasteiger partial charge in [-0.1, -0.05) is 25.7 Å². The second-order valence-electron chi connectivity index (χ2n) is 5.75. The van der Waals surface area contributed by atoms with Crippen molar-refractivity contribution in [1.82, 2.24) is 5.32 Å². The minimum atomic E-state index is -0.866. The molecule has 0 aromatic rings. The molecule has 5 nitrogen and oxygen atoms in total. The first-order valence-electron chi connectivity index (χ1n) is 7.62. The number of amides is 1. The molecular formula is C15H27NO4. The molecular weight excluding hydrogens is 258 g/mol. The third-order valence-corrected chi connectivity index (χ3v) is 4.05. The molecule has 116 valence electrons. The molecule has 1 fully saturated rings. The molecule has 0 saturated heterocycles. The van der Waals surface area contributed by atoms with E-state index in [0.717, 1.165) is 25.7 Å². The van der Waals surface area contributed by atoms with E-state index in [9.17, 15) is 14.7 Å². The molecule has 1 amide bonds. The van der Waals surface area contributed by atoms with E-state index in [0.29, 0.717) is 26.0 Å². The maximum atomic E-state index is 12.0. The first-order chi connectivity index (χ1) is 9.50. The van der Waals surface area contributed by atoms with E-state index in [1.54, 1.807) is 0 Å². The van der Waals surface area contributed by atoms with Crippen LogP contribution in [0.15, 0.2) is 0 Å². The molecule has 0 spiro atoms. The zero-order valence-electron chi connectivity index (χ0n) is 12.6. The molecule has 1 rings (SSSR count). The van der Waals surface area contributed by atoms with Crippen molar-refractivity contribution in [3.63, 3.8) is 0 Å². The molecule has 0 bridgehead atoms. The fraction of sp³-hybridized carbons (Fsp3) is 0.867. The first kappa shape index (κ1) is 17.0. The van der Waals surface area contributed by atoms with E-state index in [4.69, 9.17) is 4.74 Å². The average Bonchev–Trinajstić information content (AvgIpc) is 2.63. The van der Waals surface area contributed by atoms with Crippen LogP contribution in [0.5, 0.6) is 0 Å². The summed E-state index contributed by atoms with van der Waals surface area (Å²) < 4.78 is 5.34. The fourth-order valence-electron chi connectivity index (χ4n) is 2.84. The third kappa shape index (κ3) is 5.12. The summed E-state index contributed by atoms with van der Waals surface area (Å²) in [6, 6.07) is 0. The highest BCUT2D eigenvalue weighted by Crippen LogP contribution is 2.38. The van der Waals surface area contributed by atoms with Gasteiger partial charge in [0.2, 0.25) is 5.91 Å². The number of hydrogen-bond donors (Lipinski definition) is 2. The molecule has 2 N–H and O–H groups in total. The van der Waals surface area contributed by atoms with E-state index in [1.165, 1.54) is 0 Å². The van der Waals surface area contributed by atoms with Gasteiger partial charge in [0.05, 0.1) is 11.5 Å². The molecule has 0 radical (unpaired) electrons. The summed E-state index contributed by atoms with van der Waals surface area (Å²) >= 11 is 0. The van der Waals surface area contributed by atoms with Crippen LogP contribution in [-0.2, 0) is 14.3 Å². The van der Waals surface area contributed by atoms with Gasteiger partial charge in [0.1, 0.15) is 0 Å². The number of carboxylic acid groups (broad SMARTS) is 1. The smallest absolute Gasteiger partial charge is 0.310 e. The van der Waals surface area contributed by atoms with Crippen LogP contribution in [0.2, 0.25) is 0 Å². The standard InChI is InChI=1S/C15H27NO4/c1-3-20-12(2)11-16-13(17)10-15(14(18)19)8-6-4-5-7-9-15/h12H,3-11H2,1-2H3,(H,16,17)(H,18,19). The van der Waals surface area contributed by atoms with Crippen LogP contribution in [0.3, 0.4) is 0 Å². The Morgan fingerprint density at radius 2 is 1.85 bits per heavy atom. The van der Waals surface area contributed by atoms with Crippen LogP contribution in [0, 0.1) is 5.41 Å². The normalized spacial score (nSPS) is 19.9. The van der Waals surface area contributed by atoms with Gasteiger partial charge in [0.15, 0.2) is 0 Å². The highest BCUT2D eigenvalue weighted by molar-refractivity contribution is 5.85.